The van der Waals surface area contributed by atoms with E-state index in [1.807, 2.05) is 30.3 Å². The van der Waals surface area contributed by atoms with Crippen LogP contribution in [0, 0.1) is 0 Å². The van der Waals surface area contributed by atoms with Crippen molar-refractivity contribution in [3.63, 3.8) is 0 Å². The first-order valence-corrected chi connectivity index (χ1v) is 6.41. The van der Waals surface area contributed by atoms with Crippen molar-refractivity contribution in [2.24, 2.45) is 0 Å². The minimum Gasteiger partial charge on any atom is -0.489 e. The quantitative estimate of drug-likeness (QED) is 0.889. The first-order chi connectivity index (χ1) is 8.92. The van der Waals surface area contributed by atoms with Crippen molar-refractivity contribution in [1.82, 2.24) is 5.32 Å². The zero-order valence-corrected chi connectivity index (χ0v) is 10.4. The Kier molecular flexibility index (Phi) is 3.29. The fourth-order valence-corrected chi connectivity index (χ4v) is 2.30. The molecule has 2 heteroatoms. The van der Waals surface area contributed by atoms with E-state index < -0.39 is 0 Å². The van der Waals surface area contributed by atoms with Crippen LogP contribution in [0.4, 0.5) is 0 Å². The van der Waals surface area contributed by atoms with Gasteiger partial charge in [-0.15, -0.1) is 0 Å². The van der Waals surface area contributed by atoms with Crippen molar-refractivity contribution >= 4 is 0 Å². The molecule has 3 rings (SSSR count). The van der Waals surface area contributed by atoms with Crippen molar-refractivity contribution in [3.05, 3.63) is 65.2 Å². The third-order valence-electron chi connectivity index (χ3n) is 3.31. The molecule has 1 N–H and O–H groups in total. The maximum atomic E-state index is 5.77. The first-order valence-electron chi connectivity index (χ1n) is 6.41. The lowest BCUT2D eigenvalue weighted by Gasteiger charge is -2.18. The molecule has 0 fully saturated rings. The van der Waals surface area contributed by atoms with Gasteiger partial charge in [-0.1, -0.05) is 36.4 Å². The van der Waals surface area contributed by atoms with Crippen LogP contribution in [0.5, 0.6) is 5.75 Å². The molecule has 2 aromatic rings. The Bertz CT molecular complexity index is 522. The summed E-state index contributed by atoms with van der Waals surface area (Å²) in [4.78, 5) is 0. The average molecular weight is 239 g/mol. The number of fused-ring (bicyclic) bond motifs is 1. The number of rotatable bonds is 3. The normalized spacial score (nSPS) is 14.0. The highest BCUT2D eigenvalue weighted by molar-refractivity contribution is 5.34. The van der Waals surface area contributed by atoms with Gasteiger partial charge in [0, 0.05) is 6.54 Å². The molecule has 0 aliphatic carbocycles. The van der Waals surface area contributed by atoms with Crippen LogP contribution in [0.25, 0.3) is 0 Å². The number of ether oxygens (including phenoxy) is 1. The maximum Gasteiger partial charge on any atom is 0.119 e. The Labute approximate surface area is 108 Å². The van der Waals surface area contributed by atoms with E-state index in [0.717, 1.165) is 25.3 Å². The van der Waals surface area contributed by atoms with Gasteiger partial charge in [-0.2, -0.15) is 0 Å². The third kappa shape index (κ3) is 2.54. The minimum atomic E-state index is 0.644. The lowest BCUT2D eigenvalue weighted by atomic mass is 9.99. The molecule has 1 heterocycles. The number of para-hydroxylation sites is 1. The molecule has 0 spiro atoms. The van der Waals surface area contributed by atoms with Crippen LogP contribution in [0.15, 0.2) is 48.5 Å². The molecule has 2 nitrogen and oxygen atoms in total. The van der Waals surface area contributed by atoms with Gasteiger partial charge < -0.3 is 10.1 Å². The van der Waals surface area contributed by atoms with Crippen LogP contribution < -0.4 is 10.1 Å². The van der Waals surface area contributed by atoms with Crippen LogP contribution in [-0.4, -0.2) is 6.54 Å². The molecular weight excluding hydrogens is 222 g/mol. The van der Waals surface area contributed by atoms with E-state index in [1.165, 1.54) is 16.7 Å². The lowest BCUT2D eigenvalue weighted by molar-refractivity contribution is 0.306. The summed E-state index contributed by atoms with van der Waals surface area (Å²) in [6.07, 6.45) is 1.12. The van der Waals surface area contributed by atoms with Crippen molar-refractivity contribution in [3.8, 4) is 5.75 Å². The van der Waals surface area contributed by atoms with E-state index in [9.17, 15) is 0 Å². The van der Waals surface area contributed by atoms with E-state index in [-0.39, 0.29) is 0 Å². The van der Waals surface area contributed by atoms with Gasteiger partial charge in [0.15, 0.2) is 0 Å². The summed E-state index contributed by atoms with van der Waals surface area (Å²) >= 11 is 0. The molecule has 0 atom stereocenters. The molecule has 92 valence electrons. The Morgan fingerprint density at radius 1 is 1.00 bits per heavy atom. The fraction of sp³-hybridized carbons (Fsp3) is 0.250. The standard InChI is InChI=1S/C16H17NO/c1-2-4-16(5-3-1)18-12-13-6-7-15-11-17-9-8-14(15)10-13/h1-7,10,17H,8-9,11-12H2. The van der Waals surface area contributed by atoms with Gasteiger partial charge in [0.1, 0.15) is 12.4 Å². The summed E-state index contributed by atoms with van der Waals surface area (Å²) in [6.45, 7) is 2.72. The van der Waals surface area contributed by atoms with Crippen molar-refractivity contribution in [2.75, 3.05) is 6.54 Å². The molecule has 0 aromatic heterocycles. The van der Waals surface area contributed by atoms with Crippen LogP contribution in [0.3, 0.4) is 0 Å². The van der Waals surface area contributed by atoms with E-state index in [2.05, 4.69) is 23.5 Å². The molecular formula is C16H17NO. The van der Waals surface area contributed by atoms with Gasteiger partial charge >= 0.3 is 0 Å². The number of hydrogen-bond donors (Lipinski definition) is 1. The monoisotopic (exact) mass is 239 g/mol. The highest BCUT2D eigenvalue weighted by Crippen LogP contribution is 2.17. The van der Waals surface area contributed by atoms with Crippen molar-refractivity contribution in [1.29, 1.82) is 0 Å². The summed E-state index contributed by atoms with van der Waals surface area (Å²) in [7, 11) is 0. The van der Waals surface area contributed by atoms with E-state index >= 15 is 0 Å². The SMILES string of the molecule is c1ccc(OCc2ccc3c(c2)CCNC3)cc1. The number of hydrogen-bond acceptors (Lipinski definition) is 2. The second kappa shape index (κ2) is 5.23. The van der Waals surface area contributed by atoms with Crippen LogP contribution >= 0.6 is 0 Å². The second-order valence-electron chi connectivity index (χ2n) is 4.63. The van der Waals surface area contributed by atoms with Gasteiger partial charge in [-0.05, 0) is 41.8 Å². The zero-order valence-electron chi connectivity index (χ0n) is 10.4. The van der Waals surface area contributed by atoms with Gasteiger partial charge in [-0.3, -0.25) is 0 Å². The largest absolute Gasteiger partial charge is 0.489 e. The molecule has 0 saturated heterocycles. The first kappa shape index (κ1) is 11.3. The summed E-state index contributed by atoms with van der Waals surface area (Å²) in [5.74, 6) is 0.928. The zero-order chi connectivity index (χ0) is 12.2. The Hall–Kier alpha value is -1.80. The van der Waals surface area contributed by atoms with Gasteiger partial charge in [-0.25, -0.2) is 0 Å². The number of nitrogens with one attached hydrogen (secondary N) is 1. The highest BCUT2D eigenvalue weighted by Gasteiger charge is 2.08. The molecule has 0 amide bonds. The van der Waals surface area contributed by atoms with Gasteiger partial charge in [0.2, 0.25) is 0 Å². The van der Waals surface area contributed by atoms with Crippen LogP contribution in [0.1, 0.15) is 16.7 Å². The predicted molar refractivity (Wildman–Crippen MR) is 72.6 cm³/mol. The molecule has 0 saturated carbocycles. The Morgan fingerprint density at radius 2 is 1.89 bits per heavy atom. The smallest absolute Gasteiger partial charge is 0.119 e. The van der Waals surface area contributed by atoms with Crippen LogP contribution in [-0.2, 0) is 19.6 Å². The number of benzene rings is 2. The second-order valence-corrected chi connectivity index (χ2v) is 4.63. The summed E-state index contributed by atoms with van der Waals surface area (Å²) in [5.41, 5.74) is 4.13. The Morgan fingerprint density at radius 3 is 2.78 bits per heavy atom. The summed E-state index contributed by atoms with van der Waals surface area (Å²) in [6, 6.07) is 16.6. The Balaban J connectivity index is 1.70. The maximum absolute atomic E-state index is 5.77. The molecule has 2 aromatic carbocycles. The van der Waals surface area contributed by atoms with Crippen molar-refractivity contribution < 1.29 is 4.74 Å². The fourth-order valence-electron chi connectivity index (χ4n) is 2.30. The third-order valence-corrected chi connectivity index (χ3v) is 3.31. The minimum absolute atomic E-state index is 0.644. The predicted octanol–water partition coefficient (Wildman–Crippen LogP) is 2.91. The molecule has 1 aliphatic heterocycles. The van der Waals surface area contributed by atoms with Gasteiger partial charge in [0.25, 0.3) is 0 Å². The molecule has 0 bridgehead atoms. The van der Waals surface area contributed by atoms with Crippen LogP contribution in [0.2, 0.25) is 0 Å². The molecule has 0 radical (unpaired) electrons. The van der Waals surface area contributed by atoms with Crippen molar-refractivity contribution in [2.45, 2.75) is 19.6 Å². The van der Waals surface area contributed by atoms with Gasteiger partial charge in [0.05, 0.1) is 0 Å². The topological polar surface area (TPSA) is 21.3 Å². The molecule has 18 heavy (non-hydrogen) atoms. The highest BCUT2D eigenvalue weighted by atomic mass is 16.5. The molecule has 0 unspecified atom stereocenters. The summed E-state index contributed by atoms with van der Waals surface area (Å²) < 4.78 is 5.77. The summed E-state index contributed by atoms with van der Waals surface area (Å²) in [5, 5.41) is 3.39. The van der Waals surface area contributed by atoms with E-state index in [1.54, 1.807) is 0 Å². The lowest BCUT2D eigenvalue weighted by Crippen LogP contribution is -2.23. The molecule has 1 aliphatic rings. The van der Waals surface area contributed by atoms with E-state index in [4.69, 9.17) is 4.74 Å². The van der Waals surface area contributed by atoms with E-state index in [0.29, 0.717) is 6.61 Å². The average Bonchev–Trinajstić information content (AvgIpc) is 2.46.